The number of aromatic nitrogens is 1. The maximum absolute atomic E-state index is 11.0. The number of ether oxygens (including phenoxy) is 2. The third-order valence-electron chi connectivity index (χ3n) is 2.59. The number of pyridine rings is 1. The summed E-state index contributed by atoms with van der Waals surface area (Å²) in [6, 6.07) is 10.0. The van der Waals surface area contributed by atoms with Gasteiger partial charge in [0.05, 0.1) is 7.11 Å². The third kappa shape index (κ3) is 3.39. The molecule has 6 heteroatoms. The summed E-state index contributed by atoms with van der Waals surface area (Å²) in [6.45, 7) is 0.192. The molecule has 2 aromatic rings. The quantitative estimate of drug-likeness (QED) is 0.858. The van der Waals surface area contributed by atoms with Gasteiger partial charge in [-0.3, -0.25) is 0 Å². The Hall–Kier alpha value is -2.27. The topological polar surface area (TPSA) is 68.7 Å². The summed E-state index contributed by atoms with van der Waals surface area (Å²) in [7, 11) is 1.58. The monoisotopic (exact) mass is 293 g/mol. The maximum Gasteiger partial charge on any atom is 0.341 e. The molecule has 2 rings (SSSR count). The molecule has 0 atom stereocenters. The van der Waals surface area contributed by atoms with Crippen LogP contribution in [0.25, 0.3) is 0 Å². The van der Waals surface area contributed by atoms with E-state index in [1.165, 1.54) is 12.1 Å². The highest BCUT2D eigenvalue weighted by molar-refractivity contribution is 6.29. The highest BCUT2D eigenvalue weighted by Gasteiger charge is 2.13. The standard InChI is InChI=1S/C14H12ClNO4/c1-19-10-4-2-9(3-5-10)8-20-13-11(14(17)18)6-7-12(15)16-13/h2-7H,8H2,1H3,(H,17,18). The van der Waals surface area contributed by atoms with Crippen molar-refractivity contribution >= 4 is 17.6 Å². The van der Waals surface area contributed by atoms with Crippen LogP contribution in [0.4, 0.5) is 0 Å². The van der Waals surface area contributed by atoms with Gasteiger partial charge in [-0.25, -0.2) is 9.78 Å². The predicted molar refractivity (Wildman–Crippen MR) is 73.5 cm³/mol. The van der Waals surface area contributed by atoms with E-state index < -0.39 is 5.97 Å². The van der Waals surface area contributed by atoms with E-state index in [0.717, 1.165) is 11.3 Å². The molecule has 20 heavy (non-hydrogen) atoms. The van der Waals surface area contributed by atoms with Gasteiger partial charge in [0, 0.05) is 0 Å². The number of carboxylic acids is 1. The van der Waals surface area contributed by atoms with Crippen LogP contribution in [0.2, 0.25) is 5.15 Å². The van der Waals surface area contributed by atoms with Crippen LogP contribution in [-0.2, 0) is 6.61 Å². The number of carbonyl (C=O) groups is 1. The van der Waals surface area contributed by atoms with E-state index in [9.17, 15) is 4.79 Å². The van der Waals surface area contributed by atoms with Crippen molar-refractivity contribution in [2.45, 2.75) is 6.61 Å². The van der Waals surface area contributed by atoms with Gasteiger partial charge in [-0.1, -0.05) is 23.7 Å². The summed E-state index contributed by atoms with van der Waals surface area (Å²) in [5.74, 6) is -0.374. The SMILES string of the molecule is COc1ccc(COc2nc(Cl)ccc2C(=O)O)cc1. The zero-order valence-electron chi connectivity index (χ0n) is 10.7. The summed E-state index contributed by atoms with van der Waals surface area (Å²) in [4.78, 5) is 14.9. The number of nitrogens with zero attached hydrogens (tertiary/aromatic N) is 1. The fraction of sp³-hybridized carbons (Fsp3) is 0.143. The lowest BCUT2D eigenvalue weighted by atomic mass is 10.2. The van der Waals surface area contributed by atoms with Gasteiger partial charge in [-0.05, 0) is 29.8 Å². The van der Waals surface area contributed by atoms with Crippen molar-refractivity contribution < 1.29 is 19.4 Å². The van der Waals surface area contributed by atoms with E-state index in [4.69, 9.17) is 26.2 Å². The number of methoxy groups -OCH3 is 1. The molecule has 0 aliphatic heterocycles. The van der Waals surface area contributed by atoms with Crippen molar-refractivity contribution in [1.29, 1.82) is 0 Å². The van der Waals surface area contributed by atoms with Crippen molar-refractivity contribution in [2.24, 2.45) is 0 Å². The minimum Gasteiger partial charge on any atom is -0.497 e. The van der Waals surface area contributed by atoms with E-state index in [1.807, 2.05) is 12.1 Å². The molecule has 1 aromatic carbocycles. The summed E-state index contributed by atoms with van der Waals surface area (Å²) in [5.41, 5.74) is 0.840. The van der Waals surface area contributed by atoms with Gasteiger partial charge < -0.3 is 14.6 Å². The highest BCUT2D eigenvalue weighted by atomic mass is 35.5. The van der Waals surface area contributed by atoms with E-state index in [2.05, 4.69) is 4.98 Å². The third-order valence-corrected chi connectivity index (χ3v) is 2.80. The Morgan fingerprint density at radius 1 is 1.25 bits per heavy atom. The number of rotatable bonds is 5. The number of carboxylic acid groups (broad SMARTS) is 1. The first kappa shape index (κ1) is 14.1. The Balaban J connectivity index is 2.13. The van der Waals surface area contributed by atoms with Gasteiger partial charge in [0.2, 0.25) is 5.88 Å². The summed E-state index contributed by atoms with van der Waals surface area (Å²) >= 11 is 5.74. The van der Waals surface area contributed by atoms with E-state index in [1.54, 1.807) is 19.2 Å². The molecular formula is C14H12ClNO4. The molecule has 0 fully saturated rings. The average Bonchev–Trinajstić information content (AvgIpc) is 2.45. The molecule has 0 radical (unpaired) electrons. The normalized spacial score (nSPS) is 10.1. The first-order chi connectivity index (χ1) is 9.60. The first-order valence-electron chi connectivity index (χ1n) is 5.75. The lowest BCUT2D eigenvalue weighted by molar-refractivity contribution is 0.0690. The van der Waals surface area contributed by atoms with Gasteiger partial charge >= 0.3 is 5.97 Å². The number of benzene rings is 1. The fourth-order valence-corrected chi connectivity index (χ4v) is 1.70. The lowest BCUT2D eigenvalue weighted by Crippen LogP contribution is -2.05. The van der Waals surface area contributed by atoms with Gasteiger partial charge in [0.1, 0.15) is 23.1 Å². The predicted octanol–water partition coefficient (Wildman–Crippen LogP) is 3.02. The van der Waals surface area contributed by atoms with Crippen LogP contribution in [0.5, 0.6) is 11.6 Å². The van der Waals surface area contributed by atoms with Crippen molar-refractivity contribution in [2.75, 3.05) is 7.11 Å². The van der Waals surface area contributed by atoms with Crippen molar-refractivity contribution in [3.05, 3.63) is 52.7 Å². The molecule has 5 nitrogen and oxygen atoms in total. The van der Waals surface area contributed by atoms with E-state index in [0.29, 0.717) is 0 Å². The zero-order valence-corrected chi connectivity index (χ0v) is 11.4. The molecule has 104 valence electrons. The largest absolute Gasteiger partial charge is 0.497 e. The summed E-state index contributed by atoms with van der Waals surface area (Å²) < 4.78 is 10.5. The van der Waals surface area contributed by atoms with Crippen molar-refractivity contribution in [3.8, 4) is 11.6 Å². The highest BCUT2D eigenvalue weighted by Crippen LogP contribution is 2.20. The second-order valence-electron chi connectivity index (χ2n) is 3.93. The Morgan fingerprint density at radius 2 is 1.95 bits per heavy atom. The molecular weight excluding hydrogens is 282 g/mol. The molecule has 1 aromatic heterocycles. The molecule has 0 bridgehead atoms. The van der Waals surface area contributed by atoms with E-state index in [-0.39, 0.29) is 23.2 Å². The van der Waals surface area contributed by atoms with Crippen LogP contribution < -0.4 is 9.47 Å². The van der Waals surface area contributed by atoms with Gasteiger partial charge in [0.25, 0.3) is 0 Å². The second kappa shape index (κ2) is 6.25. The smallest absolute Gasteiger partial charge is 0.341 e. The van der Waals surface area contributed by atoms with E-state index >= 15 is 0 Å². The van der Waals surface area contributed by atoms with Gasteiger partial charge in [-0.15, -0.1) is 0 Å². The minimum atomic E-state index is -1.11. The van der Waals surface area contributed by atoms with Crippen LogP contribution in [0.1, 0.15) is 15.9 Å². The Bertz CT molecular complexity index is 613. The lowest BCUT2D eigenvalue weighted by Gasteiger charge is -2.09. The van der Waals surface area contributed by atoms with Crippen molar-refractivity contribution in [3.63, 3.8) is 0 Å². The summed E-state index contributed by atoms with van der Waals surface area (Å²) in [5, 5.41) is 9.22. The average molecular weight is 294 g/mol. The number of aromatic carboxylic acids is 1. The molecule has 0 saturated carbocycles. The number of hydrogen-bond donors (Lipinski definition) is 1. The molecule has 0 amide bonds. The molecule has 0 spiro atoms. The van der Waals surface area contributed by atoms with Crippen LogP contribution in [0, 0.1) is 0 Å². The minimum absolute atomic E-state index is 0.000757. The Morgan fingerprint density at radius 3 is 2.55 bits per heavy atom. The zero-order chi connectivity index (χ0) is 14.5. The molecule has 1 N–H and O–H groups in total. The van der Waals surface area contributed by atoms with Crippen LogP contribution in [0.15, 0.2) is 36.4 Å². The summed E-state index contributed by atoms with van der Waals surface area (Å²) in [6.07, 6.45) is 0. The van der Waals surface area contributed by atoms with Crippen LogP contribution in [0.3, 0.4) is 0 Å². The van der Waals surface area contributed by atoms with Crippen LogP contribution >= 0.6 is 11.6 Å². The Kier molecular flexibility index (Phi) is 4.42. The molecule has 0 unspecified atom stereocenters. The number of halogens is 1. The number of hydrogen-bond acceptors (Lipinski definition) is 4. The van der Waals surface area contributed by atoms with Crippen LogP contribution in [-0.4, -0.2) is 23.2 Å². The molecule has 0 aliphatic carbocycles. The Labute approximate surface area is 120 Å². The second-order valence-corrected chi connectivity index (χ2v) is 4.32. The molecule has 0 aliphatic rings. The van der Waals surface area contributed by atoms with Gasteiger partial charge in [0.15, 0.2) is 0 Å². The fourth-order valence-electron chi connectivity index (χ4n) is 1.56. The first-order valence-corrected chi connectivity index (χ1v) is 6.13. The molecule has 1 heterocycles. The molecule has 0 saturated heterocycles. The van der Waals surface area contributed by atoms with Gasteiger partial charge in [-0.2, -0.15) is 0 Å². The van der Waals surface area contributed by atoms with Crippen molar-refractivity contribution in [1.82, 2.24) is 4.98 Å². The maximum atomic E-state index is 11.0.